The Hall–Kier alpha value is -3.67. The summed E-state index contributed by atoms with van der Waals surface area (Å²) in [5.74, 6) is -0.899. The highest BCUT2D eigenvalue weighted by molar-refractivity contribution is 5.71. The topological polar surface area (TPSA) is 78.9 Å². The maximum absolute atomic E-state index is 12.9. The van der Waals surface area contributed by atoms with E-state index in [1.807, 2.05) is 0 Å². The fourth-order valence-electron chi connectivity index (χ4n) is 9.14. The molecule has 0 radical (unpaired) electrons. The minimum absolute atomic E-state index is 0.0856. The molecule has 0 fully saturated rings. The molecule has 0 saturated carbocycles. The van der Waals surface area contributed by atoms with Crippen molar-refractivity contribution in [3.8, 4) is 0 Å². The van der Waals surface area contributed by atoms with Crippen LogP contribution in [0.5, 0.6) is 0 Å². The maximum atomic E-state index is 12.9. The molecule has 0 N–H and O–H groups in total. The first kappa shape index (κ1) is 73.3. The number of unbranched alkanes of at least 4 members (excludes halogenated alkanes) is 32. The lowest BCUT2D eigenvalue weighted by Crippen LogP contribution is -2.30. The fourth-order valence-corrected chi connectivity index (χ4v) is 9.14. The van der Waals surface area contributed by atoms with Crippen LogP contribution < -0.4 is 0 Å². The van der Waals surface area contributed by atoms with Crippen LogP contribution in [0.1, 0.15) is 316 Å². The molecule has 442 valence electrons. The first-order valence-electron chi connectivity index (χ1n) is 32.7. The molecule has 0 spiro atoms. The second-order valence-electron chi connectivity index (χ2n) is 21.6. The third-order valence-corrected chi connectivity index (χ3v) is 14.0. The van der Waals surface area contributed by atoms with Gasteiger partial charge in [-0.15, -0.1) is 0 Å². The van der Waals surface area contributed by atoms with Crippen LogP contribution in [0.25, 0.3) is 0 Å². The molecule has 0 bridgehead atoms. The van der Waals surface area contributed by atoms with Gasteiger partial charge >= 0.3 is 17.9 Å². The summed E-state index contributed by atoms with van der Waals surface area (Å²) < 4.78 is 16.9. The Morgan fingerprint density at radius 2 is 0.506 bits per heavy atom. The van der Waals surface area contributed by atoms with Crippen molar-refractivity contribution in [1.29, 1.82) is 0 Å². The largest absolute Gasteiger partial charge is 0.462 e. The van der Waals surface area contributed by atoms with Gasteiger partial charge in [0.2, 0.25) is 0 Å². The van der Waals surface area contributed by atoms with Crippen LogP contribution >= 0.6 is 0 Å². The number of hydrogen-bond acceptors (Lipinski definition) is 6. The number of carbonyl (C=O) groups is 3. The van der Waals surface area contributed by atoms with Crippen molar-refractivity contribution in [2.45, 2.75) is 322 Å². The molecule has 0 aromatic rings. The van der Waals surface area contributed by atoms with Crippen LogP contribution in [0.3, 0.4) is 0 Å². The van der Waals surface area contributed by atoms with Crippen LogP contribution in [0.4, 0.5) is 0 Å². The zero-order chi connectivity index (χ0) is 55.7. The molecule has 1 unspecified atom stereocenters. The van der Waals surface area contributed by atoms with E-state index in [2.05, 4.69) is 118 Å². The van der Waals surface area contributed by atoms with Gasteiger partial charge in [-0.1, -0.05) is 272 Å². The molecule has 77 heavy (non-hydrogen) atoms. The summed E-state index contributed by atoms with van der Waals surface area (Å²) in [7, 11) is 0. The van der Waals surface area contributed by atoms with E-state index in [1.54, 1.807) is 0 Å². The predicted octanol–water partition coefficient (Wildman–Crippen LogP) is 22.4. The molecule has 0 aliphatic carbocycles. The first-order chi connectivity index (χ1) is 38.0. The summed E-state index contributed by atoms with van der Waals surface area (Å²) >= 11 is 0. The van der Waals surface area contributed by atoms with Gasteiger partial charge in [-0.25, -0.2) is 0 Å². The first-order valence-corrected chi connectivity index (χ1v) is 32.7. The number of carbonyl (C=O) groups excluding carboxylic acids is 3. The zero-order valence-corrected chi connectivity index (χ0v) is 50.7. The zero-order valence-electron chi connectivity index (χ0n) is 50.7. The third-order valence-electron chi connectivity index (χ3n) is 14.0. The van der Waals surface area contributed by atoms with E-state index >= 15 is 0 Å². The molecule has 0 amide bonds. The minimum atomic E-state index is -0.790. The molecule has 6 nitrogen and oxygen atoms in total. The van der Waals surface area contributed by atoms with Crippen LogP contribution in [-0.2, 0) is 28.6 Å². The van der Waals surface area contributed by atoms with E-state index in [9.17, 15) is 14.4 Å². The molecule has 0 saturated heterocycles. The summed E-state index contributed by atoms with van der Waals surface area (Å²) in [5.41, 5.74) is 0. The molecule has 0 aliphatic heterocycles. The number of esters is 3. The van der Waals surface area contributed by atoms with E-state index in [4.69, 9.17) is 14.2 Å². The fraction of sp³-hybridized carbons (Fsp3) is 0.732. The Labute approximate surface area is 477 Å². The average Bonchev–Trinajstić information content (AvgIpc) is 3.43. The molecule has 0 aromatic carbocycles. The SMILES string of the molecule is CC/C=C\C/C=C\C/C=C\C/C=C\CCCCCCCCCCCCCCC(=O)OCC(COC(=O)CCCCCCC/C=C\CCCCCC)OC(=O)CCCCCCCC/C=C\C/C=C\C/C=C\CCCCCCC. The van der Waals surface area contributed by atoms with Gasteiger partial charge < -0.3 is 14.2 Å². The molecular weight excluding hydrogens is 949 g/mol. The van der Waals surface area contributed by atoms with Gasteiger partial charge in [0.1, 0.15) is 13.2 Å². The highest BCUT2D eigenvalue weighted by Crippen LogP contribution is 2.16. The van der Waals surface area contributed by atoms with Crippen molar-refractivity contribution in [3.05, 3.63) is 97.2 Å². The van der Waals surface area contributed by atoms with Gasteiger partial charge in [-0.3, -0.25) is 14.4 Å². The lowest BCUT2D eigenvalue weighted by molar-refractivity contribution is -0.167. The number of hydrogen-bond donors (Lipinski definition) is 0. The summed E-state index contributed by atoms with van der Waals surface area (Å²) in [6.45, 7) is 6.51. The van der Waals surface area contributed by atoms with Gasteiger partial charge in [-0.05, 0) is 122 Å². The van der Waals surface area contributed by atoms with Gasteiger partial charge in [-0.2, -0.15) is 0 Å². The number of ether oxygens (including phenoxy) is 3. The van der Waals surface area contributed by atoms with E-state index < -0.39 is 6.10 Å². The summed E-state index contributed by atoms with van der Waals surface area (Å²) in [6.07, 6.45) is 87.0. The molecule has 0 rings (SSSR count). The lowest BCUT2D eigenvalue weighted by atomic mass is 10.0. The van der Waals surface area contributed by atoms with Crippen molar-refractivity contribution in [1.82, 2.24) is 0 Å². The second kappa shape index (κ2) is 64.9. The predicted molar refractivity (Wildman–Crippen MR) is 334 cm³/mol. The van der Waals surface area contributed by atoms with Crippen molar-refractivity contribution in [2.24, 2.45) is 0 Å². The maximum Gasteiger partial charge on any atom is 0.306 e. The van der Waals surface area contributed by atoms with Crippen LogP contribution in [-0.4, -0.2) is 37.2 Å². The van der Waals surface area contributed by atoms with Gasteiger partial charge in [0.05, 0.1) is 0 Å². The molecule has 0 aliphatic rings. The Morgan fingerprint density at radius 1 is 0.273 bits per heavy atom. The van der Waals surface area contributed by atoms with E-state index in [0.29, 0.717) is 19.3 Å². The van der Waals surface area contributed by atoms with Crippen LogP contribution in [0, 0.1) is 0 Å². The molecule has 0 aromatic heterocycles. The van der Waals surface area contributed by atoms with Crippen molar-refractivity contribution >= 4 is 17.9 Å². The highest BCUT2D eigenvalue weighted by Gasteiger charge is 2.19. The van der Waals surface area contributed by atoms with Gasteiger partial charge in [0, 0.05) is 19.3 Å². The molecule has 6 heteroatoms. The Morgan fingerprint density at radius 3 is 0.818 bits per heavy atom. The summed E-state index contributed by atoms with van der Waals surface area (Å²) in [6, 6.07) is 0. The molecular formula is C71H122O6. The monoisotopic (exact) mass is 1070 g/mol. The van der Waals surface area contributed by atoms with E-state index in [1.165, 1.54) is 161 Å². The van der Waals surface area contributed by atoms with Crippen molar-refractivity contribution in [3.63, 3.8) is 0 Å². The quantitative estimate of drug-likeness (QED) is 0.0261. The van der Waals surface area contributed by atoms with Gasteiger partial charge in [0.15, 0.2) is 6.10 Å². The van der Waals surface area contributed by atoms with Crippen molar-refractivity contribution in [2.75, 3.05) is 13.2 Å². The smallest absolute Gasteiger partial charge is 0.306 e. The number of allylic oxidation sites excluding steroid dienone is 16. The summed E-state index contributed by atoms with van der Waals surface area (Å²) in [4.78, 5) is 38.3. The summed E-state index contributed by atoms with van der Waals surface area (Å²) in [5, 5.41) is 0. The molecule has 1 atom stereocenters. The van der Waals surface area contributed by atoms with E-state index in [0.717, 1.165) is 116 Å². The molecule has 0 heterocycles. The Bertz CT molecular complexity index is 1510. The third kappa shape index (κ3) is 63.0. The Kier molecular flexibility index (Phi) is 61.8. The van der Waals surface area contributed by atoms with Crippen molar-refractivity contribution < 1.29 is 28.6 Å². The Balaban J connectivity index is 4.34. The average molecular weight is 1070 g/mol. The normalized spacial score (nSPS) is 12.7. The second-order valence-corrected chi connectivity index (χ2v) is 21.6. The van der Waals surface area contributed by atoms with Crippen LogP contribution in [0.15, 0.2) is 97.2 Å². The minimum Gasteiger partial charge on any atom is -0.462 e. The standard InChI is InChI=1S/C71H122O6/c1-4-7-10-13-16-19-22-25-27-29-31-33-34-35-36-38-39-41-43-46-49-52-55-58-61-64-70(73)76-67-68(66-75-69(72)63-60-57-54-51-48-45-24-21-18-15-12-9-6-3)77-71(74)65-62-59-56-53-50-47-44-42-40-37-32-30-28-26-23-20-17-14-11-8-5-2/h7,10,16,19,21,23-27,30-33,40,42,68H,4-6,8-9,11-15,17-18,20,22,28-29,34-39,41,43-67H2,1-3H3/b10-7-,19-16-,24-21-,26-23-,27-25-,32-30-,33-31-,42-40-. The van der Waals surface area contributed by atoms with Crippen LogP contribution in [0.2, 0.25) is 0 Å². The number of rotatable bonds is 59. The highest BCUT2D eigenvalue weighted by atomic mass is 16.6. The van der Waals surface area contributed by atoms with Gasteiger partial charge in [0.25, 0.3) is 0 Å². The lowest BCUT2D eigenvalue weighted by Gasteiger charge is -2.18. The van der Waals surface area contributed by atoms with E-state index in [-0.39, 0.29) is 31.1 Å².